The smallest absolute Gasteiger partial charge is 0.344 e. The number of unbranched alkanes of at least 4 members (excludes halogenated alkanes) is 2. The van der Waals surface area contributed by atoms with Gasteiger partial charge in [-0.05, 0) is 62.9 Å². The number of ketones is 1. The van der Waals surface area contributed by atoms with Crippen LogP contribution >= 0.6 is 47.0 Å². The quantitative estimate of drug-likeness (QED) is 0.0183. The fourth-order valence-corrected chi connectivity index (χ4v) is 12.2. The van der Waals surface area contributed by atoms with E-state index < -0.39 is 41.7 Å². The zero-order valence-electron chi connectivity index (χ0n) is 39.5. The Hall–Kier alpha value is -7.04. The summed E-state index contributed by atoms with van der Waals surface area (Å²) in [5.41, 5.74) is -0.827. The summed E-state index contributed by atoms with van der Waals surface area (Å²) in [6.45, 7) is 13.8. The molecule has 0 spiro atoms. The number of carbonyl (C=O) groups is 8. The molecule has 0 bridgehead atoms. The average Bonchev–Trinajstić information content (AvgIpc) is 4.07. The van der Waals surface area contributed by atoms with Gasteiger partial charge in [-0.25, -0.2) is 34.0 Å². The van der Waals surface area contributed by atoms with Crippen LogP contribution in [0.5, 0.6) is 11.5 Å². The standard InChI is InChI=1S/C51H46N4O13S4/c1-7-9-21-54-43(57)36(44(58)55(54)22-10-8-2)51-71-41-37(67-48(62)33-18-13-11-16-31(33)46(60)64-23-15-20-35(56)28(3)4)39-40(70-50(69-39)30(26-52)27-53)38(42(41)72-51)68-49(63)34-19-14-12-17-32(34)47(61)66-25-24-65-45(59)29(5)6/h11-14,16-19H,3,5,7-10,15,20-25H2,1-2,4,6H3. The molecule has 3 aliphatic rings. The maximum atomic E-state index is 14.5. The van der Waals surface area contributed by atoms with E-state index in [1.807, 2.05) is 26.0 Å². The highest BCUT2D eigenvalue weighted by Crippen LogP contribution is 2.68. The minimum atomic E-state index is -1.07. The Morgan fingerprint density at radius 2 is 1.00 bits per heavy atom. The fraction of sp³-hybridized carbons (Fsp3) is 0.294. The van der Waals surface area contributed by atoms with Crippen LogP contribution in [0.4, 0.5) is 0 Å². The largest absolute Gasteiger partial charge is 0.462 e. The molecule has 3 aromatic carbocycles. The normalized spacial score (nSPS) is 13.4. The fourth-order valence-electron chi connectivity index (χ4n) is 6.84. The van der Waals surface area contributed by atoms with E-state index in [1.165, 1.54) is 65.5 Å². The number of Topliss-reactive ketones (excluding diaryl/α,β-unsaturated/α-hetero) is 1. The van der Waals surface area contributed by atoms with Gasteiger partial charge in [0.25, 0.3) is 11.8 Å². The van der Waals surface area contributed by atoms with E-state index in [4.69, 9.17) is 23.7 Å². The minimum Gasteiger partial charge on any atom is -0.462 e. The van der Waals surface area contributed by atoms with Crippen LogP contribution in [0.15, 0.2) is 112 Å². The van der Waals surface area contributed by atoms with Crippen molar-refractivity contribution in [3.05, 3.63) is 115 Å². The third-order valence-electron chi connectivity index (χ3n) is 10.6. The van der Waals surface area contributed by atoms with Crippen molar-refractivity contribution in [1.29, 1.82) is 10.5 Å². The van der Waals surface area contributed by atoms with Gasteiger partial charge in [0.05, 0.1) is 56.9 Å². The van der Waals surface area contributed by atoms with Crippen molar-refractivity contribution in [2.75, 3.05) is 32.9 Å². The average molecular weight is 1050 g/mol. The number of nitriles is 2. The molecule has 0 aliphatic carbocycles. The van der Waals surface area contributed by atoms with Crippen LogP contribution in [0.2, 0.25) is 0 Å². The summed E-state index contributed by atoms with van der Waals surface area (Å²) in [5, 5.41) is 22.8. The van der Waals surface area contributed by atoms with Gasteiger partial charge in [0.2, 0.25) is 0 Å². The molecule has 72 heavy (non-hydrogen) atoms. The first kappa shape index (κ1) is 54.3. The molecule has 17 nitrogen and oxygen atoms in total. The number of hydrazine groups is 1. The topological polar surface area (TPSA) is 237 Å². The SMILES string of the molecule is C=C(C)C(=O)CCCOC(=O)c1ccccc1C(=O)Oc1c2c(c(OC(=O)c3ccccc3C(=O)OCCOC(=O)C(=C)C)c3c1SC(=C1C(=O)N(CCCC)N(CCCC)C1=O)S3)SC(=C(C#N)C#N)S2. The van der Waals surface area contributed by atoms with Gasteiger partial charge in [-0.3, -0.25) is 14.4 Å². The summed E-state index contributed by atoms with van der Waals surface area (Å²) in [5.74, 6) is -6.28. The van der Waals surface area contributed by atoms with Crippen LogP contribution in [0.25, 0.3) is 0 Å². The highest BCUT2D eigenvalue weighted by atomic mass is 32.2. The molecule has 1 saturated heterocycles. The van der Waals surface area contributed by atoms with Gasteiger partial charge >= 0.3 is 29.8 Å². The molecule has 0 aromatic heterocycles. The Labute approximate surface area is 431 Å². The summed E-state index contributed by atoms with van der Waals surface area (Å²) < 4.78 is 28.5. The van der Waals surface area contributed by atoms with Crippen molar-refractivity contribution in [2.24, 2.45) is 0 Å². The first-order chi connectivity index (χ1) is 34.6. The second-order valence-electron chi connectivity index (χ2n) is 15.9. The first-order valence-corrected chi connectivity index (χ1v) is 25.7. The van der Waals surface area contributed by atoms with E-state index in [0.717, 1.165) is 59.9 Å². The number of rotatable bonds is 21. The number of thioether (sulfide) groups is 4. The highest BCUT2D eigenvalue weighted by molar-refractivity contribution is 8.26. The molecule has 6 rings (SSSR count). The van der Waals surface area contributed by atoms with Crippen molar-refractivity contribution in [2.45, 2.75) is 85.8 Å². The maximum absolute atomic E-state index is 14.5. The molecule has 372 valence electrons. The van der Waals surface area contributed by atoms with Gasteiger partial charge in [-0.15, -0.1) is 0 Å². The minimum absolute atomic E-state index is 0.0905. The zero-order chi connectivity index (χ0) is 52.2. The molecule has 3 heterocycles. The number of amides is 2. The van der Waals surface area contributed by atoms with E-state index >= 15 is 0 Å². The van der Waals surface area contributed by atoms with Crippen molar-refractivity contribution < 1.29 is 62.0 Å². The van der Waals surface area contributed by atoms with E-state index in [1.54, 1.807) is 6.92 Å². The molecule has 0 radical (unpaired) electrons. The molecule has 0 atom stereocenters. The van der Waals surface area contributed by atoms with Gasteiger partial charge in [0, 0.05) is 25.1 Å². The molecule has 2 amide bonds. The molecule has 21 heteroatoms. The number of fused-ring (bicyclic) bond motifs is 2. The van der Waals surface area contributed by atoms with Gasteiger partial charge in [0.1, 0.15) is 36.5 Å². The first-order valence-electron chi connectivity index (χ1n) is 22.4. The van der Waals surface area contributed by atoms with Crippen LogP contribution in [-0.4, -0.2) is 90.4 Å². The number of allylic oxidation sites excluding steroid dienone is 2. The lowest BCUT2D eigenvalue weighted by Gasteiger charge is -2.27. The van der Waals surface area contributed by atoms with Gasteiger partial charge in [0.15, 0.2) is 17.3 Å². The number of carbonyl (C=O) groups excluding carboxylic acids is 8. The summed E-state index contributed by atoms with van der Waals surface area (Å²) in [6.07, 6.45) is 2.99. The Morgan fingerprint density at radius 1 is 0.583 bits per heavy atom. The molecular weight excluding hydrogens is 1000 g/mol. The van der Waals surface area contributed by atoms with E-state index in [2.05, 4.69) is 13.2 Å². The summed E-state index contributed by atoms with van der Waals surface area (Å²) >= 11 is 3.53. The highest BCUT2D eigenvalue weighted by Gasteiger charge is 2.47. The molecule has 0 saturated carbocycles. The second kappa shape index (κ2) is 24.9. The number of nitrogens with zero attached hydrogens (tertiary/aromatic N) is 4. The van der Waals surface area contributed by atoms with Crippen molar-refractivity contribution >= 4 is 94.5 Å². The molecule has 1 fully saturated rings. The monoisotopic (exact) mass is 1050 g/mol. The summed E-state index contributed by atoms with van der Waals surface area (Å²) in [6, 6.07) is 15.0. The van der Waals surface area contributed by atoms with Crippen molar-refractivity contribution in [3.63, 3.8) is 0 Å². The molecule has 3 aliphatic heterocycles. The Balaban J connectivity index is 1.46. The predicted molar refractivity (Wildman–Crippen MR) is 267 cm³/mol. The summed E-state index contributed by atoms with van der Waals surface area (Å²) in [7, 11) is 0. The predicted octanol–water partition coefficient (Wildman–Crippen LogP) is 9.54. The molecule has 0 unspecified atom stereocenters. The maximum Gasteiger partial charge on any atom is 0.344 e. The van der Waals surface area contributed by atoms with Crippen LogP contribution < -0.4 is 9.47 Å². The number of esters is 5. The third-order valence-corrected chi connectivity index (χ3v) is 15.8. The number of ether oxygens (including phenoxy) is 5. The van der Waals surface area contributed by atoms with Crippen molar-refractivity contribution in [1.82, 2.24) is 10.0 Å². The van der Waals surface area contributed by atoms with E-state index in [9.17, 15) is 48.9 Å². The lowest BCUT2D eigenvalue weighted by molar-refractivity contribution is -0.147. The molecular formula is C51H46N4O13S4. The molecule has 3 aromatic rings. The van der Waals surface area contributed by atoms with E-state index in [0.29, 0.717) is 18.4 Å². The van der Waals surface area contributed by atoms with Crippen LogP contribution in [0.1, 0.15) is 108 Å². The summed E-state index contributed by atoms with van der Waals surface area (Å²) in [4.78, 5) is 109. The Morgan fingerprint density at radius 3 is 1.42 bits per heavy atom. The zero-order valence-corrected chi connectivity index (χ0v) is 42.8. The number of hydrogen-bond acceptors (Lipinski definition) is 19. The second-order valence-corrected chi connectivity index (χ2v) is 20.5. The Kier molecular flexibility index (Phi) is 18.8. The number of benzene rings is 3. The van der Waals surface area contributed by atoms with Gasteiger partial charge < -0.3 is 23.7 Å². The lowest BCUT2D eigenvalue weighted by atomic mass is 10.1. The molecule has 0 N–H and O–H groups in total. The van der Waals surface area contributed by atoms with Crippen molar-refractivity contribution in [3.8, 4) is 23.6 Å². The van der Waals surface area contributed by atoms with E-state index in [-0.39, 0.29) is 130 Å². The number of hydrogen-bond donors (Lipinski definition) is 0. The van der Waals surface area contributed by atoms with Gasteiger partial charge in [-0.2, -0.15) is 10.5 Å². The lowest BCUT2D eigenvalue weighted by Crippen LogP contribution is -2.42. The van der Waals surface area contributed by atoms with Crippen LogP contribution in [0, 0.1) is 22.7 Å². The van der Waals surface area contributed by atoms with Crippen LogP contribution in [-0.2, 0) is 33.4 Å². The third kappa shape index (κ3) is 12.2. The van der Waals surface area contributed by atoms with Crippen LogP contribution in [0.3, 0.4) is 0 Å². The van der Waals surface area contributed by atoms with Gasteiger partial charge in [-0.1, -0.05) is 111 Å². The Bertz CT molecular complexity index is 2780.